The van der Waals surface area contributed by atoms with Crippen LogP contribution in [-0.4, -0.2) is 121 Å². The summed E-state index contributed by atoms with van der Waals surface area (Å²) in [7, 11) is 5.96. The lowest BCUT2D eigenvalue weighted by Gasteiger charge is -2.42. The first-order valence-electron chi connectivity index (χ1n) is 17.8. The van der Waals surface area contributed by atoms with Crippen LogP contribution in [0, 0.1) is 5.92 Å². The first-order valence-corrected chi connectivity index (χ1v) is 19.3. The van der Waals surface area contributed by atoms with E-state index in [1.807, 2.05) is 13.0 Å². The quantitative estimate of drug-likeness (QED) is 0.197. The maximum Gasteiger partial charge on any atom is 0.409 e. The second-order valence-corrected chi connectivity index (χ2v) is 15.9. The fourth-order valence-electron chi connectivity index (χ4n) is 6.77. The van der Waals surface area contributed by atoms with Gasteiger partial charge < -0.3 is 38.6 Å². The molecule has 0 aromatic heterocycles. The molecule has 0 saturated carbocycles. The molecule has 4 bridgehead atoms. The molecule has 2 fully saturated rings. The fourth-order valence-corrected chi connectivity index (χ4v) is 7.83. The molecule has 14 nitrogen and oxygen atoms in total. The van der Waals surface area contributed by atoms with Crippen LogP contribution in [0.3, 0.4) is 0 Å². The smallest absolute Gasteiger partial charge is 0.409 e. The van der Waals surface area contributed by atoms with Crippen molar-refractivity contribution in [3.8, 4) is 5.75 Å². The van der Waals surface area contributed by atoms with E-state index in [4.69, 9.17) is 35.3 Å². The van der Waals surface area contributed by atoms with Gasteiger partial charge in [-0.15, -0.1) is 0 Å². The van der Waals surface area contributed by atoms with Gasteiger partial charge in [-0.25, -0.2) is 9.59 Å². The number of allylic oxidation sites excluding steroid dienone is 3. The number of fused-ring (bicyclic) bond motifs is 5. The number of nitrogens with one attached hydrogen (secondary N) is 1. The average Bonchev–Trinajstić information content (AvgIpc) is 3.81. The number of likely N-dealkylation sites (N-methyl/N-ethyl adjacent to an activating group) is 1. The van der Waals surface area contributed by atoms with E-state index in [-0.39, 0.29) is 41.7 Å². The van der Waals surface area contributed by atoms with E-state index in [1.54, 1.807) is 45.2 Å². The van der Waals surface area contributed by atoms with Crippen molar-refractivity contribution in [1.29, 1.82) is 0 Å². The maximum atomic E-state index is 14.1. The van der Waals surface area contributed by atoms with Crippen molar-refractivity contribution >= 4 is 58.7 Å². The van der Waals surface area contributed by atoms with Crippen molar-refractivity contribution < 1.29 is 52.8 Å². The van der Waals surface area contributed by atoms with Crippen LogP contribution in [0.4, 0.5) is 10.5 Å². The molecule has 1 aromatic rings. The maximum absolute atomic E-state index is 14.1. The third kappa shape index (κ3) is 9.96. The molecule has 0 spiro atoms. The average molecular weight is 794 g/mol. The van der Waals surface area contributed by atoms with E-state index in [2.05, 4.69) is 5.32 Å². The fraction of sp³-hybridized carbons (Fsp3) is 0.605. The molecule has 8 atom stereocenters. The molecule has 3 aliphatic heterocycles. The summed E-state index contributed by atoms with van der Waals surface area (Å²) < 4.78 is 29.2. The minimum Gasteiger partial charge on any atom is -0.495 e. The lowest BCUT2D eigenvalue weighted by atomic mass is 9.83. The van der Waals surface area contributed by atoms with Crippen molar-refractivity contribution in [2.45, 2.75) is 102 Å². The number of hydrogen-bond acceptors (Lipinski definition) is 12. The molecule has 3 amide bonds. The second kappa shape index (κ2) is 17.9. The SMILES string of the molecule is COc1cc2cc(c1Cl)N(C)C(=O)C[C@H](OC(=O)[C@H](C)N(C)C(=O)CCSCC(C)=O)[C@]1(C)O[C@H]1[C@H](C)C1C[C@@](O)(NC(=O)O1)[C@H](OC)/C=C/C=C(\C)C2. The first-order chi connectivity index (χ1) is 25.3. The number of thioether (sulfide) groups is 1. The number of rotatable bonds is 10. The highest BCUT2D eigenvalue weighted by atomic mass is 35.5. The number of anilines is 1. The number of hydrogen-bond donors (Lipinski definition) is 2. The number of alkyl carbamates (subject to hydrolysis) is 1. The Balaban J connectivity index is 1.71. The Kier molecular flexibility index (Phi) is 14.3. The summed E-state index contributed by atoms with van der Waals surface area (Å²) in [6, 6.07) is 2.54. The molecule has 54 heavy (non-hydrogen) atoms. The number of nitrogens with zero attached hydrogens (tertiary/aromatic N) is 2. The van der Waals surface area contributed by atoms with Crippen molar-refractivity contribution in [3.05, 3.63) is 46.5 Å². The zero-order valence-electron chi connectivity index (χ0n) is 32.3. The van der Waals surface area contributed by atoms with Crippen molar-refractivity contribution in [2.75, 3.05) is 44.7 Å². The zero-order valence-corrected chi connectivity index (χ0v) is 33.9. The van der Waals surface area contributed by atoms with Crippen molar-refractivity contribution in [1.82, 2.24) is 10.2 Å². The summed E-state index contributed by atoms with van der Waals surface area (Å²) in [6.07, 6.45) is 0.902. The number of carbonyl (C=O) groups is 5. The van der Waals surface area contributed by atoms with E-state index in [0.717, 1.165) is 11.1 Å². The molecular formula is C38H52ClN3O11S. The van der Waals surface area contributed by atoms with Crippen LogP contribution in [0.5, 0.6) is 5.75 Å². The molecular weight excluding hydrogens is 742 g/mol. The Bertz CT molecular complexity index is 1670. The molecule has 3 heterocycles. The molecule has 3 aliphatic rings. The highest BCUT2D eigenvalue weighted by molar-refractivity contribution is 7.99. The number of amides is 3. The number of ketones is 1. The van der Waals surface area contributed by atoms with Gasteiger partial charge in [0, 0.05) is 45.7 Å². The summed E-state index contributed by atoms with van der Waals surface area (Å²) in [4.78, 5) is 67.6. The molecule has 1 unspecified atom stereocenters. The predicted molar refractivity (Wildman–Crippen MR) is 204 cm³/mol. The van der Waals surface area contributed by atoms with Crippen LogP contribution >= 0.6 is 23.4 Å². The Morgan fingerprint density at radius 2 is 1.94 bits per heavy atom. The van der Waals surface area contributed by atoms with Crippen LogP contribution < -0.4 is 15.0 Å². The van der Waals surface area contributed by atoms with Gasteiger partial charge in [-0.1, -0.05) is 42.3 Å². The van der Waals surface area contributed by atoms with Crippen LogP contribution in [-0.2, 0) is 44.5 Å². The largest absolute Gasteiger partial charge is 0.495 e. The van der Waals surface area contributed by atoms with Crippen LogP contribution in [0.15, 0.2) is 35.9 Å². The number of esters is 1. The number of halogens is 1. The van der Waals surface area contributed by atoms with Crippen molar-refractivity contribution in [3.63, 3.8) is 0 Å². The van der Waals surface area contributed by atoms with Gasteiger partial charge in [0.2, 0.25) is 11.8 Å². The van der Waals surface area contributed by atoms with Gasteiger partial charge in [0.15, 0.2) is 5.72 Å². The van der Waals surface area contributed by atoms with Crippen LogP contribution in [0.2, 0.25) is 5.02 Å². The van der Waals surface area contributed by atoms with Gasteiger partial charge in [0.05, 0.1) is 31.1 Å². The molecule has 0 radical (unpaired) electrons. The van der Waals surface area contributed by atoms with Gasteiger partial charge in [-0.2, -0.15) is 11.8 Å². The summed E-state index contributed by atoms with van der Waals surface area (Å²) in [5, 5.41) is 14.4. The third-order valence-electron chi connectivity index (χ3n) is 10.3. The molecule has 1 aromatic carbocycles. The number of methoxy groups -OCH3 is 2. The number of carbonyl (C=O) groups excluding carboxylic acids is 5. The van der Waals surface area contributed by atoms with Gasteiger partial charge in [-0.05, 0) is 51.8 Å². The molecule has 4 rings (SSSR count). The van der Waals surface area contributed by atoms with E-state index in [0.29, 0.717) is 23.6 Å². The van der Waals surface area contributed by atoms with Gasteiger partial charge >= 0.3 is 12.1 Å². The van der Waals surface area contributed by atoms with Crippen LogP contribution in [0.1, 0.15) is 59.4 Å². The van der Waals surface area contributed by atoms with Crippen LogP contribution in [0.25, 0.3) is 0 Å². The Labute approximate surface area is 325 Å². The van der Waals surface area contributed by atoms with E-state index in [1.165, 1.54) is 56.7 Å². The number of aliphatic hydroxyl groups is 1. The minimum absolute atomic E-state index is 0.00343. The number of ether oxygens (including phenoxy) is 5. The Hall–Kier alpha value is -3.63. The second-order valence-electron chi connectivity index (χ2n) is 14.4. The highest BCUT2D eigenvalue weighted by Gasteiger charge is 2.64. The number of epoxide rings is 1. The summed E-state index contributed by atoms with van der Waals surface area (Å²) in [5.74, 6) is -1.01. The lowest BCUT2D eigenvalue weighted by molar-refractivity contribution is -0.162. The lowest BCUT2D eigenvalue weighted by Crippen LogP contribution is -2.63. The molecule has 16 heteroatoms. The highest BCUT2D eigenvalue weighted by Crippen LogP contribution is 2.49. The standard InChI is InChI=1S/C38H52ClN3O11S/c1-21-11-10-12-29(50-9)38(48)19-28(51-36(47)40-38)23(3)34-37(5,53-34)30(52-35(46)24(4)41(6)31(44)13-14-54-20-22(2)43)18-32(45)42(7)26-16-25(15-21)17-27(49-8)33(26)39/h10-12,16-17,23-24,28-30,34,48H,13-15,18-20H2,1-9H3,(H,40,47)/b12-10+,21-11+/t23-,24+,28?,29-,30+,34+,37+,38+/m1/s1. The van der Waals surface area contributed by atoms with Gasteiger partial charge in [0.25, 0.3) is 0 Å². The Morgan fingerprint density at radius 3 is 2.59 bits per heavy atom. The summed E-state index contributed by atoms with van der Waals surface area (Å²) in [5.41, 5.74) is -0.981. The minimum atomic E-state index is -1.84. The third-order valence-corrected chi connectivity index (χ3v) is 11.8. The van der Waals surface area contributed by atoms with Gasteiger partial charge in [-0.3, -0.25) is 19.7 Å². The molecule has 0 aliphatic carbocycles. The zero-order chi connectivity index (χ0) is 40.1. The molecule has 2 saturated heterocycles. The number of benzene rings is 1. The number of Topliss-reactive ketones (excluding diaryl/α,β-unsaturated/α-hetero) is 1. The summed E-state index contributed by atoms with van der Waals surface area (Å²) in [6.45, 7) is 8.41. The van der Waals surface area contributed by atoms with Crippen molar-refractivity contribution in [2.24, 2.45) is 5.92 Å². The Morgan fingerprint density at radius 1 is 1.24 bits per heavy atom. The van der Waals surface area contributed by atoms with E-state index >= 15 is 0 Å². The summed E-state index contributed by atoms with van der Waals surface area (Å²) >= 11 is 8.08. The van der Waals surface area contributed by atoms with Gasteiger partial charge in [0.1, 0.15) is 46.5 Å². The van der Waals surface area contributed by atoms with E-state index in [9.17, 15) is 29.1 Å². The first kappa shape index (κ1) is 43.1. The molecule has 298 valence electrons. The molecule has 2 N–H and O–H groups in total. The predicted octanol–water partition coefficient (Wildman–Crippen LogP) is 4.23. The topological polar surface area (TPSA) is 174 Å². The van der Waals surface area contributed by atoms with E-state index < -0.39 is 65.7 Å². The monoisotopic (exact) mass is 793 g/mol. The normalized spacial score (nSPS) is 30.8.